The van der Waals surface area contributed by atoms with Crippen LogP contribution >= 0.6 is 0 Å². The van der Waals surface area contributed by atoms with E-state index in [2.05, 4.69) is 12.2 Å². The zero-order valence-electron chi connectivity index (χ0n) is 9.62. The maximum absolute atomic E-state index is 11.3. The molecule has 0 amide bonds. The van der Waals surface area contributed by atoms with Gasteiger partial charge in [-0.25, -0.2) is 4.79 Å². The molecule has 0 bridgehead atoms. The minimum Gasteiger partial charge on any atom is -0.408 e. The fourth-order valence-corrected chi connectivity index (χ4v) is 1.74. The molecule has 4 heteroatoms. The van der Waals surface area contributed by atoms with Gasteiger partial charge in [-0.1, -0.05) is 13.0 Å². The van der Waals surface area contributed by atoms with E-state index in [0.717, 1.165) is 25.0 Å². The minimum absolute atomic E-state index is 0.307. The molecule has 0 fully saturated rings. The zero-order chi connectivity index (χ0) is 11.5. The monoisotopic (exact) mass is 220 g/mol. The third kappa shape index (κ3) is 2.02. The first-order valence-corrected chi connectivity index (χ1v) is 5.51. The lowest BCUT2D eigenvalue weighted by atomic mass is 10.1. The van der Waals surface area contributed by atoms with Crippen molar-refractivity contribution >= 4 is 11.1 Å². The van der Waals surface area contributed by atoms with Crippen LogP contribution < -0.4 is 11.1 Å². The lowest BCUT2D eigenvalue weighted by molar-refractivity contribution is 0.527. The molecule has 0 radical (unpaired) electrons. The van der Waals surface area contributed by atoms with Gasteiger partial charge in [-0.3, -0.25) is 4.57 Å². The van der Waals surface area contributed by atoms with Crippen LogP contribution in [-0.2, 0) is 13.5 Å². The Hall–Kier alpha value is -1.55. The number of likely N-dealkylation sites (N-methyl/N-ethyl adjacent to an activating group) is 1. The summed E-state index contributed by atoms with van der Waals surface area (Å²) in [5.74, 6) is -0.307. The second kappa shape index (κ2) is 4.53. The van der Waals surface area contributed by atoms with Gasteiger partial charge in [0.25, 0.3) is 0 Å². The summed E-state index contributed by atoms with van der Waals surface area (Å²) in [4.78, 5) is 11.3. The molecule has 86 valence electrons. The van der Waals surface area contributed by atoms with E-state index in [1.165, 1.54) is 10.1 Å². The van der Waals surface area contributed by atoms with Crippen LogP contribution in [0.5, 0.6) is 0 Å². The van der Waals surface area contributed by atoms with Crippen LogP contribution in [0, 0.1) is 0 Å². The van der Waals surface area contributed by atoms with E-state index in [0.29, 0.717) is 5.58 Å². The Balaban J connectivity index is 2.27. The van der Waals surface area contributed by atoms with Gasteiger partial charge in [-0.05, 0) is 37.2 Å². The van der Waals surface area contributed by atoms with Gasteiger partial charge in [-0.2, -0.15) is 0 Å². The summed E-state index contributed by atoms with van der Waals surface area (Å²) in [5.41, 5.74) is 2.70. The Morgan fingerprint density at radius 1 is 1.44 bits per heavy atom. The summed E-state index contributed by atoms with van der Waals surface area (Å²) in [6, 6.07) is 5.91. The average molecular weight is 220 g/mol. The summed E-state index contributed by atoms with van der Waals surface area (Å²) >= 11 is 0. The van der Waals surface area contributed by atoms with E-state index < -0.39 is 0 Å². The molecular weight excluding hydrogens is 204 g/mol. The lowest BCUT2D eigenvalue weighted by Crippen LogP contribution is -2.15. The van der Waals surface area contributed by atoms with Crippen molar-refractivity contribution < 1.29 is 4.42 Å². The summed E-state index contributed by atoms with van der Waals surface area (Å²) in [7, 11) is 1.71. The van der Waals surface area contributed by atoms with Crippen molar-refractivity contribution in [1.29, 1.82) is 0 Å². The number of aromatic nitrogens is 1. The number of benzene rings is 1. The molecule has 0 aliphatic rings. The Morgan fingerprint density at radius 3 is 3.00 bits per heavy atom. The molecule has 2 rings (SSSR count). The summed E-state index contributed by atoms with van der Waals surface area (Å²) in [6.45, 7) is 4.00. The number of fused-ring (bicyclic) bond motifs is 1. The highest BCUT2D eigenvalue weighted by atomic mass is 16.4. The van der Waals surface area contributed by atoms with Crippen molar-refractivity contribution in [1.82, 2.24) is 9.88 Å². The van der Waals surface area contributed by atoms with Crippen molar-refractivity contribution in [3.8, 4) is 0 Å². The molecule has 0 atom stereocenters. The first-order chi connectivity index (χ1) is 7.72. The second-order valence-corrected chi connectivity index (χ2v) is 3.83. The van der Waals surface area contributed by atoms with Gasteiger partial charge in [-0.15, -0.1) is 0 Å². The molecule has 16 heavy (non-hydrogen) atoms. The molecule has 0 aliphatic carbocycles. The second-order valence-electron chi connectivity index (χ2n) is 3.83. The largest absolute Gasteiger partial charge is 0.419 e. The van der Waals surface area contributed by atoms with Gasteiger partial charge >= 0.3 is 5.76 Å². The molecule has 0 saturated carbocycles. The predicted molar refractivity (Wildman–Crippen MR) is 63.7 cm³/mol. The summed E-state index contributed by atoms with van der Waals surface area (Å²) in [5, 5.41) is 3.26. The minimum atomic E-state index is -0.307. The number of oxazole rings is 1. The average Bonchev–Trinajstić information content (AvgIpc) is 2.55. The number of nitrogens with zero attached hydrogens (tertiary/aromatic N) is 1. The van der Waals surface area contributed by atoms with E-state index in [-0.39, 0.29) is 5.76 Å². The SMILES string of the molecule is CCNCCc1ccc2c(c1)oc(=O)n2C. The van der Waals surface area contributed by atoms with E-state index >= 15 is 0 Å². The maximum Gasteiger partial charge on any atom is 0.419 e. The molecule has 1 N–H and O–H groups in total. The molecule has 0 aliphatic heterocycles. The van der Waals surface area contributed by atoms with Gasteiger partial charge in [0.05, 0.1) is 5.52 Å². The third-order valence-electron chi connectivity index (χ3n) is 2.70. The maximum atomic E-state index is 11.3. The smallest absolute Gasteiger partial charge is 0.408 e. The zero-order valence-corrected chi connectivity index (χ0v) is 9.62. The van der Waals surface area contributed by atoms with E-state index in [1.807, 2.05) is 18.2 Å². The predicted octanol–water partition coefficient (Wildman–Crippen LogP) is 1.28. The Bertz CT molecular complexity index is 539. The number of aryl methyl sites for hydroxylation is 1. The van der Waals surface area contributed by atoms with Crippen molar-refractivity contribution in [2.24, 2.45) is 7.05 Å². The standard InChI is InChI=1S/C12H16N2O2/c1-3-13-7-6-9-4-5-10-11(8-9)16-12(15)14(10)2/h4-5,8,13H,3,6-7H2,1-2H3. The van der Waals surface area contributed by atoms with Crippen LogP contribution in [-0.4, -0.2) is 17.7 Å². The molecular formula is C12H16N2O2. The fraction of sp³-hybridized carbons (Fsp3) is 0.417. The van der Waals surface area contributed by atoms with Crippen LogP contribution in [0.25, 0.3) is 11.1 Å². The van der Waals surface area contributed by atoms with Crippen LogP contribution in [0.2, 0.25) is 0 Å². The number of hydrogen-bond donors (Lipinski definition) is 1. The first kappa shape index (κ1) is 11.0. The molecule has 0 unspecified atom stereocenters. The summed E-state index contributed by atoms with van der Waals surface area (Å²) in [6.07, 6.45) is 0.947. The number of nitrogens with one attached hydrogen (secondary N) is 1. The quantitative estimate of drug-likeness (QED) is 0.790. The number of hydrogen-bond acceptors (Lipinski definition) is 3. The fourth-order valence-electron chi connectivity index (χ4n) is 1.74. The van der Waals surface area contributed by atoms with Gasteiger partial charge in [0.1, 0.15) is 0 Å². The molecule has 2 aromatic rings. The van der Waals surface area contributed by atoms with E-state index in [4.69, 9.17) is 4.42 Å². The Kier molecular flexibility index (Phi) is 3.10. The summed E-state index contributed by atoms with van der Waals surface area (Å²) < 4.78 is 6.65. The van der Waals surface area contributed by atoms with Crippen molar-refractivity contribution in [2.75, 3.05) is 13.1 Å². The molecule has 0 saturated heterocycles. The Morgan fingerprint density at radius 2 is 2.25 bits per heavy atom. The van der Waals surface area contributed by atoms with Crippen molar-refractivity contribution in [3.63, 3.8) is 0 Å². The molecule has 4 nitrogen and oxygen atoms in total. The molecule has 1 aromatic carbocycles. The van der Waals surface area contributed by atoms with Crippen molar-refractivity contribution in [2.45, 2.75) is 13.3 Å². The highest BCUT2D eigenvalue weighted by Gasteiger charge is 2.05. The van der Waals surface area contributed by atoms with Gasteiger partial charge in [0, 0.05) is 7.05 Å². The van der Waals surface area contributed by atoms with Gasteiger partial charge < -0.3 is 9.73 Å². The third-order valence-corrected chi connectivity index (χ3v) is 2.70. The van der Waals surface area contributed by atoms with E-state index in [1.54, 1.807) is 7.05 Å². The van der Waals surface area contributed by atoms with E-state index in [9.17, 15) is 4.79 Å². The molecule has 1 heterocycles. The normalized spacial score (nSPS) is 11.1. The van der Waals surface area contributed by atoms with Crippen LogP contribution in [0.3, 0.4) is 0 Å². The van der Waals surface area contributed by atoms with Gasteiger partial charge in [0.2, 0.25) is 0 Å². The highest BCUT2D eigenvalue weighted by Crippen LogP contribution is 2.14. The van der Waals surface area contributed by atoms with Crippen LogP contribution in [0.1, 0.15) is 12.5 Å². The number of rotatable bonds is 4. The lowest BCUT2D eigenvalue weighted by Gasteiger charge is -2.01. The highest BCUT2D eigenvalue weighted by molar-refractivity contribution is 5.73. The van der Waals surface area contributed by atoms with Crippen molar-refractivity contribution in [3.05, 3.63) is 34.3 Å². The Labute approximate surface area is 93.9 Å². The molecule has 0 spiro atoms. The topological polar surface area (TPSA) is 47.2 Å². The van der Waals surface area contributed by atoms with Gasteiger partial charge in [0.15, 0.2) is 5.58 Å². The van der Waals surface area contributed by atoms with Crippen LogP contribution in [0.15, 0.2) is 27.4 Å². The molecule has 1 aromatic heterocycles. The van der Waals surface area contributed by atoms with Crippen LogP contribution in [0.4, 0.5) is 0 Å². The first-order valence-electron chi connectivity index (χ1n) is 5.51.